The molecule has 6 rings (SSSR count). The lowest BCUT2D eigenvalue weighted by Gasteiger charge is -2.32. The quantitative estimate of drug-likeness (QED) is 0.785. The zero-order chi connectivity index (χ0) is 20.3. The van der Waals surface area contributed by atoms with E-state index < -0.39 is 0 Å². The van der Waals surface area contributed by atoms with Crippen LogP contribution >= 0.6 is 0 Å². The van der Waals surface area contributed by atoms with E-state index in [0.29, 0.717) is 31.6 Å². The second-order valence-corrected chi connectivity index (χ2v) is 8.91. The standard InChI is InChI=1S/C22H32N4O4/c27-21(19-2-1-12-28-19)25-17-7-10-26-11-13-29-22-20(23-8-9-24-22)15-3-5-16(6-4-15)30-14-18(17)26/h8-9,15-19H,1-7,10-14H2,(H,25,27)/t15?,16?,17-,18?,19?/m0/s1. The topological polar surface area (TPSA) is 85.8 Å². The first kappa shape index (κ1) is 20.2. The van der Waals surface area contributed by atoms with Crippen molar-refractivity contribution in [1.29, 1.82) is 0 Å². The van der Waals surface area contributed by atoms with E-state index in [0.717, 1.165) is 63.7 Å². The molecule has 5 aliphatic rings. The Morgan fingerprint density at radius 2 is 1.87 bits per heavy atom. The van der Waals surface area contributed by atoms with Gasteiger partial charge < -0.3 is 19.5 Å². The predicted molar refractivity (Wildman–Crippen MR) is 109 cm³/mol. The molecular weight excluding hydrogens is 384 g/mol. The van der Waals surface area contributed by atoms with Gasteiger partial charge in [-0.15, -0.1) is 0 Å². The van der Waals surface area contributed by atoms with Crippen LogP contribution in [0.25, 0.3) is 0 Å². The smallest absolute Gasteiger partial charge is 0.249 e. The van der Waals surface area contributed by atoms with Crippen molar-refractivity contribution >= 4 is 5.91 Å². The van der Waals surface area contributed by atoms with E-state index in [1.54, 1.807) is 12.4 Å². The van der Waals surface area contributed by atoms with E-state index in [1.807, 2.05) is 0 Å². The molecule has 5 heterocycles. The summed E-state index contributed by atoms with van der Waals surface area (Å²) in [5, 5.41) is 3.25. The van der Waals surface area contributed by atoms with E-state index in [4.69, 9.17) is 14.2 Å². The molecule has 2 saturated heterocycles. The van der Waals surface area contributed by atoms with Crippen molar-refractivity contribution in [3.63, 3.8) is 0 Å². The van der Waals surface area contributed by atoms with Gasteiger partial charge in [-0.2, -0.15) is 0 Å². The van der Waals surface area contributed by atoms with Gasteiger partial charge in [0.2, 0.25) is 11.8 Å². The van der Waals surface area contributed by atoms with Gasteiger partial charge in [0.25, 0.3) is 0 Å². The van der Waals surface area contributed by atoms with Crippen LogP contribution in [0.3, 0.4) is 0 Å². The van der Waals surface area contributed by atoms with E-state index in [9.17, 15) is 4.79 Å². The van der Waals surface area contributed by atoms with Crippen molar-refractivity contribution in [3.8, 4) is 5.88 Å². The first-order chi connectivity index (χ1) is 14.8. The van der Waals surface area contributed by atoms with Gasteiger partial charge in [0.15, 0.2) is 0 Å². The number of amides is 1. The average molecular weight is 417 g/mol. The minimum Gasteiger partial charge on any atom is -0.475 e. The van der Waals surface area contributed by atoms with Gasteiger partial charge in [-0.25, -0.2) is 4.98 Å². The monoisotopic (exact) mass is 416 g/mol. The van der Waals surface area contributed by atoms with E-state index in [1.165, 1.54) is 0 Å². The molecule has 3 fully saturated rings. The molecule has 8 nitrogen and oxygen atoms in total. The number of hydrogen-bond acceptors (Lipinski definition) is 7. The SMILES string of the molecule is O=C(N[C@H]1CCN2CCOc3nccnc3C3CCC(CC3)OCC12)C1CCCO1. The molecule has 0 spiro atoms. The molecule has 4 aliphatic heterocycles. The van der Waals surface area contributed by atoms with Crippen molar-refractivity contribution in [3.05, 3.63) is 18.1 Å². The third-order valence-corrected chi connectivity index (χ3v) is 7.08. The van der Waals surface area contributed by atoms with Gasteiger partial charge in [0.1, 0.15) is 18.4 Å². The Kier molecular flexibility index (Phi) is 6.15. The summed E-state index contributed by atoms with van der Waals surface area (Å²) in [7, 11) is 0. The number of aromatic nitrogens is 2. The van der Waals surface area contributed by atoms with E-state index >= 15 is 0 Å². The van der Waals surface area contributed by atoms with Crippen molar-refractivity contribution in [2.24, 2.45) is 0 Å². The lowest BCUT2D eigenvalue weighted by Crippen LogP contribution is -2.50. The highest BCUT2D eigenvalue weighted by molar-refractivity contribution is 5.81. The second kappa shape index (κ2) is 9.16. The molecule has 164 valence electrons. The maximum Gasteiger partial charge on any atom is 0.249 e. The molecule has 1 saturated carbocycles. The highest BCUT2D eigenvalue weighted by Crippen LogP contribution is 2.37. The Morgan fingerprint density at radius 1 is 1.00 bits per heavy atom. The van der Waals surface area contributed by atoms with Gasteiger partial charge in [0.05, 0.1) is 18.8 Å². The van der Waals surface area contributed by atoms with Crippen LogP contribution in [0.4, 0.5) is 0 Å². The molecule has 2 bridgehead atoms. The summed E-state index contributed by atoms with van der Waals surface area (Å²) in [6, 6.07) is 0.258. The number of nitrogens with zero attached hydrogens (tertiary/aromatic N) is 3. The number of hydrogen-bond donors (Lipinski definition) is 1. The zero-order valence-electron chi connectivity index (χ0n) is 17.5. The van der Waals surface area contributed by atoms with E-state index in [-0.39, 0.29) is 30.2 Å². The van der Waals surface area contributed by atoms with Crippen LogP contribution in [-0.2, 0) is 14.3 Å². The molecular formula is C22H32N4O4. The molecule has 1 amide bonds. The largest absolute Gasteiger partial charge is 0.475 e. The highest BCUT2D eigenvalue weighted by atomic mass is 16.5. The van der Waals surface area contributed by atoms with Crippen LogP contribution in [-0.4, -0.2) is 78.0 Å². The fourth-order valence-electron chi connectivity index (χ4n) is 5.37. The number of ether oxygens (including phenoxy) is 3. The molecule has 30 heavy (non-hydrogen) atoms. The van der Waals surface area contributed by atoms with Crippen molar-refractivity contribution in [2.45, 2.75) is 75.2 Å². The third-order valence-electron chi connectivity index (χ3n) is 7.08. The van der Waals surface area contributed by atoms with Crippen molar-refractivity contribution in [1.82, 2.24) is 20.2 Å². The van der Waals surface area contributed by atoms with Gasteiger partial charge in [-0.05, 0) is 44.9 Å². The number of nitrogens with one attached hydrogen (secondary N) is 1. The summed E-state index contributed by atoms with van der Waals surface area (Å²) in [4.78, 5) is 24.1. The first-order valence-corrected chi connectivity index (χ1v) is 11.5. The molecule has 0 radical (unpaired) electrons. The fraction of sp³-hybridized carbons (Fsp3) is 0.773. The van der Waals surface area contributed by atoms with Gasteiger partial charge >= 0.3 is 0 Å². The van der Waals surface area contributed by atoms with Crippen LogP contribution in [0.15, 0.2) is 12.4 Å². The normalized spacial score (nSPS) is 34.7. The third kappa shape index (κ3) is 4.31. The van der Waals surface area contributed by atoms with Crippen LogP contribution in [0.5, 0.6) is 5.88 Å². The summed E-state index contributed by atoms with van der Waals surface area (Å²) in [5.74, 6) is 1.11. The lowest BCUT2D eigenvalue weighted by molar-refractivity contribution is -0.131. The number of fused-ring (bicyclic) bond motifs is 5. The summed E-state index contributed by atoms with van der Waals surface area (Å²) in [5.41, 5.74) is 0.995. The Labute approximate surface area is 177 Å². The second-order valence-electron chi connectivity index (χ2n) is 8.91. The van der Waals surface area contributed by atoms with Crippen molar-refractivity contribution < 1.29 is 19.0 Å². The molecule has 1 aromatic heterocycles. The van der Waals surface area contributed by atoms with Gasteiger partial charge in [-0.3, -0.25) is 14.7 Å². The highest BCUT2D eigenvalue weighted by Gasteiger charge is 2.38. The maximum atomic E-state index is 12.6. The summed E-state index contributed by atoms with van der Waals surface area (Å²) in [6.07, 6.45) is 10.3. The summed E-state index contributed by atoms with van der Waals surface area (Å²) >= 11 is 0. The maximum absolute atomic E-state index is 12.6. The Hall–Kier alpha value is -1.77. The molecule has 1 aliphatic carbocycles. The van der Waals surface area contributed by atoms with Crippen LogP contribution in [0.1, 0.15) is 56.6 Å². The summed E-state index contributed by atoms with van der Waals surface area (Å²) in [6.45, 7) is 3.60. The number of carbonyl (C=O) groups is 1. The Morgan fingerprint density at radius 3 is 2.70 bits per heavy atom. The molecule has 1 N–H and O–H groups in total. The molecule has 1 aromatic rings. The van der Waals surface area contributed by atoms with Crippen LogP contribution in [0.2, 0.25) is 0 Å². The first-order valence-electron chi connectivity index (χ1n) is 11.5. The van der Waals surface area contributed by atoms with E-state index in [2.05, 4.69) is 20.2 Å². The number of carbonyl (C=O) groups excluding carboxylic acids is 1. The minimum absolute atomic E-state index is 0.0308. The molecule has 2 unspecified atom stereocenters. The van der Waals surface area contributed by atoms with Crippen LogP contribution in [0, 0.1) is 0 Å². The predicted octanol–water partition coefficient (Wildman–Crippen LogP) is 1.65. The lowest BCUT2D eigenvalue weighted by atomic mass is 9.85. The Bertz CT molecular complexity index is 734. The van der Waals surface area contributed by atoms with Gasteiger partial charge in [0, 0.05) is 44.0 Å². The van der Waals surface area contributed by atoms with Gasteiger partial charge in [-0.1, -0.05) is 0 Å². The average Bonchev–Trinajstić information content (AvgIpc) is 3.44. The minimum atomic E-state index is -0.289. The molecule has 0 aromatic carbocycles. The molecule has 8 heteroatoms. The Balaban J connectivity index is 1.29. The number of rotatable bonds is 2. The van der Waals surface area contributed by atoms with Crippen molar-refractivity contribution in [2.75, 3.05) is 32.9 Å². The van der Waals surface area contributed by atoms with Crippen LogP contribution < -0.4 is 10.1 Å². The zero-order valence-corrected chi connectivity index (χ0v) is 17.5. The molecule has 3 atom stereocenters. The summed E-state index contributed by atoms with van der Waals surface area (Å²) < 4.78 is 18.0. The fourth-order valence-corrected chi connectivity index (χ4v) is 5.37.